The van der Waals surface area contributed by atoms with E-state index in [0.29, 0.717) is 18.0 Å². The van der Waals surface area contributed by atoms with E-state index in [1.807, 2.05) is 26.0 Å². The van der Waals surface area contributed by atoms with Crippen molar-refractivity contribution in [2.75, 3.05) is 53.3 Å². The Bertz CT molecular complexity index is 673. The summed E-state index contributed by atoms with van der Waals surface area (Å²) in [5, 5.41) is 16.6. The Morgan fingerprint density at radius 1 is 1.32 bits per heavy atom. The number of benzene rings is 1. The van der Waals surface area contributed by atoms with Crippen molar-refractivity contribution in [2.24, 2.45) is 0 Å². The van der Waals surface area contributed by atoms with Gasteiger partial charge in [-0.1, -0.05) is 6.07 Å². The third kappa shape index (κ3) is 4.73. The molecular formula is C19H30N4O5. The van der Waals surface area contributed by atoms with Gasteiger partial charge in [0.05, 0.1) is 31.9 Å². The molecule has 9 nitrogen and oxygen atoms in total. The molecule has 3 N–H and O–H groups in total. The number of amides is 2. The van der Waals surface area contributed by atoms with E-state index in [-0.39, 0.29) is 12.1 Å². The molecule has 1 aromatic carbocycles. The number of carbonyl (C=O) groups is 1. The van der Waals surface area contributed by atoms with Crippen LogP contribution in [0.5, 0.6) is 5.75 Å². The van der Waals surface area contributed by atoms with E-state index in [0.717, 1.165) is 13.1 Å². The predicted octanol–water partition coefficient (Wildman–Crippen LogP) is 0.163. The monoisotopic (exact) mass is 394 g/mol. The largest absolute Gasteiger partial charge is 0.497 e. The lowest BCUT2D eigenvalue weighted by atomic mass is 9.95. The second kappa shape index (κ2) is 9.06. The molecule has 1 aromatic rings. The van der Waals surface area contributed by atoms with Crippen LogP contribution in [0, 0.1) is 0 Å². The quantitative estimate of drug-likeness (QED) is 0.606. The Morgan fingerprint density at radius 3 is 2.82 bits per heavy atom. The third-order valence-corrected chi connectivity index (χ3v) is 5.17. The number of fused-ring (bicyclic) bond motifs is 2. The summed E-state index contributed by atoms with van der Waals surface area (Å²) >= 11 is 0. The second-order valence-corrected chi connectivity index (χ2v) is 7.50. The molecule has 5 unspecified atom stereocenters. The Labute approximate surface area is 165 Å². The van der Waals surface area contributed by atoms with Crippen molar-refractivity contribution in [2.45, 2.75) is 30.6 Å². The molecule has 5 atom stereocenters. The summed E-state index contributed by atoms with van der Waals surface area (Å²) in [5.41, 5.74) is 0.600. The highest BCUT2D eigenvalue weighted by Crippen LogP contribution is 2.31. The number of hydrogen-bond donors (Lipinski definition) is 3. The number of carbonyl (C=O) groups excluding carboxylic acids is 1. The molecule has 2 amide bonds. The summed E-state index contributed by atoms with van der Waals surface area (Å²) in [5.74, 6) is 0.647. The molecule has 2 fully saturated rings. The van der Waals surface area contributed by atoms with Gasteiger partial charge in [0.25, 0.3) is 0 Å². The molecule has 2 aliphatic heterocycles. The number of nitrogens with one attached hydrogen (secondary N) is 2. The minimum Gasteiger partial charge on any atom is -0.497 e. The number of ether oxygens (including phenoxy) is 3. The number of methoxy groups -OCH3 is 1. The lowest BCUT2D eigenvalue weighted by Gasteiger charge is -2.42. The molecule has 156 valence electrons. The number of aliphatic hydroxyl groups excluding tert-OH is 1. The predicted molar refractivity (Wildman–Crippen MR) is 105 cm³/mol. The fourth-order valence-corrected chi connectivity index (χ4v) is 3.57. The molecule has 0 aliphatic carbocycles. The molecular weight excluding hydrogens is 364 g/mol. The summed E-state index contributed by atoms with van der Waals surface area (Å²) in [6, 6.07) is 5.73. The normalized spacial score (nSPS) is 29.2. The highest BCUT2D eigenvalue weighted by molar-refractivity contribution is 5.89. The number of rotatable bonds is 7. The fraction of sp³-hybridized carbons (Fsp3) is 0.632. The summed E-state index contributed by atoms with van der Waals surface area (Å²) in [4.78, 5) is 16.6. The van der Waals surface area contributed by atoms with E-state index >= 15 is 0 Å². The Hall–Kier alpha value is -1.91. The SMILES string of the molecule is COc1cccc(NC(=O)NC2C3COC(O3)C(N(C)CCN(C)C)C2O)c1. The van der Waals surface area contributed by atoms with Gasteiger partial charge in [-0.25, -0.2) is 4.79 Å². The van der Waals surface area contributed by atoms with Crippen molar-refractivity contribution in [1.29, 1.82) is 0 Å². The fourth-order valence-electron chi connectivity index (χ4n) is 3.57. The van der Waals surface area contributed by atoms with E-state index < -0.39 is 24.5 Å². The smallest absolute Gasteiger partial charge is 0.319 e. The van der Waals surface area contributed by atoms with Crippen molar-refractivity contribution < 1.29 is 24.1 Å². The minimum atomic E-state index is -0.811. The van der Waals surface area contributed by atoms with Gasteiger partial charge in [-0.3, -0.25) is 4.90 Å². The summed E-state index contributed by atoms with van der Waals surface area (Å²) < 4.78 is 16.8. The molecule has 2 bridgehead atoms. The number of nitrogens with zero attached hydrogens (tertiary/aromatic N) is 2. The molecule has 0 radical (unpaired) electrons. The summed E-state index contributed by atoms with van der Waals surface area (Å²) in [6.45, 7) is 1.92. The first-order valence-electron chi connectivity index (χ1n) is 9.40. The van der Waals surface area contributed by atoms with Crippen molar-refractivity contribution in [3.63, 3.8) is 0 Å². The van der Waals surface area contributed by atoms with E-state index in [1.54, 1.807) is 31.4 Å². The molecule has 0 aromatic heterocycles. The van der Waals surface area contributed by atoms with Gasteiger partial charge in [-0.05, 0) is 33.3 Å². The number of aliphatic hydroxyl groups is 1. The van der Waals surface area contributed by atoms with Crippen LogP contribution in [0.4, 0.5) is 10.5 Å². The van der Waals surface area contributed by atoms with Gasteiger partial charge in [-0.15, -0.1) is 0 Å². The van der Waals surface area contributed by atoms with Gasteiger partial charge in [0.15, 0.2) is 6.29 Å². The van der Waals surface area contributed by atoms with Crippen LogP contribution in [0.1, 0.15) is 0 Å². The van der Waals surface area contributed by atoms with Gasteiger partial charge in [0.1, 0.15) is 11.9 Å². The molecule has 3 rings (SSSR count). The van der Waals surface area contributed by atoms with Crippen LogP contribution in [-0.2, 0) is 9.47 Å². The zero-order valence-corrected chi connectivity index (χ0v) is 16.8. The third-order valence-electron chi connectivity index (χ3n) is 5.17. The Kier molecular flexibility index (Phi) is 6.73. The highest BCUT2D eigenvalue weighted by atomic mass is 16.7. The highest BCUT2D eigenvalue weighted by Gasteiger charge is 2.51. The van der Waals surface area contributed by atoms with Crippen molar-refractivity contribution >= 4 is 11.7 Å². The van der Waals surface area contributed by atoms with Crippen LogP contribution >= 0.6 is 0 Å². The Balaban J connectivity index is 1.64. The standard InChI is InChI=1S/C19H30N4O5/c1-22(2)8-9-23(3)16-17(24)15(14-11-27-18(16)28-14)21-19(25)20-12-6-5-7-13(10-12)26-4/h5-7,10,14-18,24H,8-9,11H2,1-4H3,(H2,20,21,25). The minimum absolute atomic E-state index is 0.337. The molecule has 0 spiro atoms. The Morgan fingerprint density at radius 2 is 2.11 bits per heavy atom. The molecule has 28 heavy (non-hydrogen) atoms. The van der Waals surface area contributed by atoms with Gasteiger partial charge in [0, 0.05) is 24.8 Å². The lowest BCUT2D eigenvalue weighted by molar-refractivity contribution is -0.177. The van der Waals surface area contributed by atoms with Crippen LogP contribution in [0.3, 0.4) is 0 Å². The summed E-state index contributed by atoms with van der Waals surface area (Å²) in [7, 11) is 7.49. The number of urea groups is 1. The average molecular weight is 394 g/mol. The van der Waals surface area contributed by atoms with E-state index in [1.165, 1.54) is 0 Å². The van der Waals surface area contributed by atoms with Crippen molar-refractivity contribution in [1.82, 2.24) is 15.1 Å². The first-order chi connectivity index (χ1) is 13.4. The average Bonchev–Trinajstić information content (AvgIpc) is 3.09. The second-order valence-electron chi connectivity index (χ2n) is 7.50. The van der Waals surface area contributed by atoms with E-state index in [9.17, 15) is 9.90 Å². The number of likely N-dealkylation sites (N-methyl/N-ethyl adjacent to an activating group) is 2. The molecule has 9 heteroatoms. The van der Waals surface area contributed by atoms with E-state index in [2.05, 4.69) is 15.5 Å². The molecule has 2 aliphatic rings. The first-order valence-corrected chi connectivity index (χ1v) is 9.40. The van der Waals surface area contributed by atoms with Crippen LogP contribution in [0.2, 0.25) is 0 Å². The van der Waals surface area contributed by atoms with Gasteiger partial charge in [-0.2, -0.15) is 0 Å². The maximum absolute atomic E-state index is 12.5. The van der Waals surface area contributed by atoms with Crippen LogP contribution in [0.25, 0.3) is 0 Å². The van der Waals surface area contributed by atoms with Crippen LogP contribution in [0.15, 0.2) is 24.3 Å². The molecule has 2 heterocycles. The number of hydrogen-bond acceptors (Lipinski definition) is 7. The maximum Gasteiger partial charge on any atom is 0.319 e. The van der Waals surface area contributed by atoms with E-state index in [4.69, 9.17) is 14.2 Å². The van der Waals surface area contributed by atoms with Crippen molar-refractivity contribution in [3.05, 3.63) is 24.3 Å². The molecule has 0 saturated carbocycles. The number of anilines is 1. The van der Waals surface area contributed by atoms with Crippen LogP contribution in [-0.4, -0.2) is 99.5 Å². The first kappa shape index (κ1) is 20.8. The molecule has 2 saturated heterocycles. The van der Waals surface area contributed by atoms with Crippen molar-refractivity contribution in [3.8, 4) is 5.75 Å². The van der Waals surface area contributed by atoms with Gasteiger partial charge in [0.2, 0.25) is 0 Å². The maximum atomic E-state index is 12.5. The zero-order valence-electron chi connectivity index (χ0n) is 16.8. The topological polar surface area (TPSA) is 95.5 Å². The summed E-state index contributed by atoms with van der Waals surface area (Å²) in [6.07, 6.45) is -1.68. The van der Waals surface area contributed by atoms with Crippen LogP contribution < -0.4 is 15.4 Å². The lowest BCUT2D eigenvalue weighted by Crippen LogP contribution is -2.65. The van der Waals surface area contributed by atoms with Gasteiger partial charge < -0.3 is 34.9 Å². The van der Waals surface area contributed by atoms with Gasteiger partial charge >= 0.3 is 6.03 Å². The zero-order chi connectivity index (χ0) is 20.3.